The molecule has 1 atom stereocenters. The average molecular weight is 458 g/mol. The van der Waals surface area contributed by atoms with Crippen LogP contribution in [0.4, 0.5) is 23.2 Å². The fraction of sp³-hybridized carbons (Fsp3) is 0.208. The fourth-order valence-electron chi connectivity index (χ4n) is 3.77. The zero-order chi connectivity index (χ0) is 23.8. The average Bonchev–Trinajstić information content (AvgIpc) is 3.00. The summed E-state index contributed by atoms with van der Waals surface area (Å²) in [6.07, 6.45) is -1.64. The lowest BCUT2D eigenvalue weighted by atomic mass is 9.98. The predicted octanol–water partition coefficient (Wildman–Crippen LogP) is 5.58. The maximum Gasteiger partial charge on any atom is 0.352 e. The van der Waals surface area contributed by atoms with Crippen molar-refractivity contribution < 1.29 is 31.9 Å². The van der Waals surface area contributed by atoms with E-state index in [1.165, 1.54) is 43.5 Å². The third kappa shape index (κ3) is 4.18. The van der Waals surface area contributed by atoms with Crippen molar-refractivity contribution in [3.63, 3.8) is 0 Å². The van der Waals surface area contributed by atoms with Crippen LogP contribution >= 0.6 is 0 Å². The van der Waals surface area contributed by atoms with E-state index in [0.29, 0.717) is 0 Å². The second kappa shape index (κ2) is 8.65. The van der Waals surface area contributed by atoms with Crippen LogP contribution in [0.3, 0.4) is 0 Å². The van der Waals surface area contributed by atoms with Gasteiger partial charge in [0.25, 0.3) is 6.43 Å². The molecule has 0 fully saturated rings. The molecule has 0 saturated heterocycles. The van der Waals surface area contributed by atoms with Crippen molar-refractivity contribution in [2.24, 2.45) is 0 Å². The zero-order valence-corrected chi connectivity index (χ0v) is 17.3. The van der Waals surface area contributed by atoms with Gasteiger partial charge in [0.05, 0.1) is 23.4 Å². The highest BCUT2D eigenvalue weighted by Gasteiger charge is 2.54. The molecule has 1 amide bonds. The lowest BCUT2D eigenvalue weighted by Gasteiger charge is -2.19. The van der Waals surface area contributed by atoms with Crippen molar-refractivity contribution in [3.05, 3.63) is 94.8 Å². The highest BCUT2D eigenvalue weighted by atomic mass is 19.3. The van der Waals surface area contributed by atoms with Crippen LogP contribution in [0.1, 0.15) is 52.1 Å². The number of anilines is 1. The number of nitrogens with zero attached hydrogens (tertiary/aromatic N) is 2. The number of hydrogen-bond acceptors (Lipinski definition) is 4. The van der Waals surface area contributed by atoms with Gasteiger partial charge in [-0.05, 0) is 36.8 Å². The van der Waals surface area contributed by atoms with E-state index in [1.807, 2.05) is 0 Å². The van der Waals surface area contributed by atoms with Crippen molar-refractivity contribution in [1.82, 2.24) is 4.98 Å². The van der Waals surface area contributed by atoms with E-state index in [0.717, 1.165) is 17.2 Å². The van der Waals surface area contributed by atoms with Crippen LogP contribution < -0.4 is 4.90 Å². The second-order valence-electron chi connectivity index (χ2n) is 7.55. The normalized spacial score (nSPS) is 15.5. The Balaban J connectivity index is 1.66. The van der Waals surface area contributed by atoms with E-state index < -0.39 is 35.9 Å². The number of hydrogen-bond donors (Lipinski definition) is 0. The summed E-state index contributed by atoms with van der Waals surface area (Å²) in [4.78, 5) is 29.6. The first-order valence-electron chi connectivity index (χ1n) is 10.0. The molecule has 0 saturated carbocycles. The van der Waals surface area contributed by atoms with E-state index in [-0.39, 0.29) is 34.5 Å². The third-order valence-electron chi connectivity index (χ3n) is 5.33. The molecule has 1 unspecified atom stereocenters. The molecule has 3 aromatic rings. The number of alkyl halides is 4. The van der Waals surface area contributed by atoms with Gasteiger partial charge in [-0.25, -0.2) is 13.6 Å². The highest BCUT2D eigenvalue weighted by Crippen LogP contribution is 2.48. The van der Waals surface area contributed by atoms with Crippen molar-refractivity contribution >= 4 is 17.6 Å². The number of esters is 1. The molecule has 0 radical (unpaired) electrons. The summed E-state index contributed by atoms with van der Waals surface area (Å²) in [6, 6.07) is 13.4. The van der Waals surface area contributed by atoms with E-state index in [9.17, 15) is 18.4 Å². The van der Waals surface area contributed by atoms with Crippen LogP contribution in [0.2, 0.25) is 0 Å². The molecule has 9 heteroatoms. The molecular formula is C24H18F4N2O3. The number of ether oxygens (including phenoxy) is 1. The summed E-state index contributed by atoms with van der Waals surface area (Å²) in [7, 11) is 0. The standard InChI is InChI=1S/C24H18F4N2O3/c1-14(33-22(31)16-6-3-2-4-7-16)18-8-5-9-19-20(18)24(27,28)23(32)30(19)13-15-10-17(21(25)26)12-29-11-15/h2-12,14,21H,13H2,1H3. The summed E-state index contributed by atoms with van der Waals surface area (Å²) in [5, 5.41) is 0. The summed E-state index contributed by atoms with van der Waals surface area (Å²) in [6.45, 7) is 1.08. The number of carbonyl (C=O) groups excluding carboxylic acids is 2. The van der Waals surface area contributed by atoms with Gasteiger partial charge in [0.15, 0.2) is 0 Å². The number of halogens is 4. The minimum absolute atomic E-state index is 0.0166. The Morgan fingerprint density at radius 3 is 2.52 bits per heavy atom. The van der Waals surface area contributed by atoms with Crippen molar-refractivity contribution in [2.45, 2.75) is 31.9 Å². The molecule has 1 aliphatic rings. The number of carbonyl (C=O) groups is 2. The Hall–Kier alpha value is -3.75. The maximum absolute atomic E-state index is 15.1. The third-order valence-corrected chi connectivity index (χ3v) is 5.33. The number of benzene rings is 2. The summed E-state index contributed by atoms with van der Waals surface area (Å²) in [5.74, 6) is -6.07. The number of amides is 1. The van der Waals surface area contributed by atoms with Gasteiger partial charge in [-0.15, -0.1) is 0 Å². The van der Waals surface area contributed by atoms with Gasteiger partial charge in [0.2, 0.25) is 0 Å². The molecule has 5 nitrogen and oxygen atoms in total. The maximum atomic E-state index is 15.1. The molecule has 1 aromatic heterocycles. The minimum Gasteiger partial charge on any atom is -0.454 e. The summed E-state index contributed by atoms with van der Waals surface area (Å²) in [5.41, 5.74) is -0.598. The molecule has 1 aliphatic heterocycles. The number of rotatable bonds is 6. The molecule has 2 heterocycles. The van der Waals surface area contributed by atoms with Crippen molar-refractivity contribution in [2.75, 3.05) is 4.90 Å². The Morgan fingerprint density at radius 1 is 1.09 bits per heavy atom. The van der Waals surface area contributed by atoms with Crippen molar-refractivity contribution in [3.8, 4) is 0 Å². The second-order valence-corrected chi connectivity index (χ2v) is 7.55. The van der Waals surface area contributed by atoms with Gasteiger partial charge in [-0.1, -0.05) is 30.3 Å². The number of fused-ring (bicyclic) bond motifs is 1. The van der Waals surface area contributed by atoms with Crippen LogP contribution in [0.15, 0.2) is 67.0 Å². The van der Waals surface area contributed by atoms with Crippen LogP contribution in [0.25, 0.3) is 0 Å². The Kier molecular flexibility index (Phi) is 5.88. The Morgan fingerprint density at radius 2 is 1.82 bits per heavy atom. The largest absolute Gasteiger partial charge is 0.454 e. The van der Waals surface area contributed by atoms with Gasteiger partial charge in [0.1, 0.15) is 6.10 Å². The Bertz CT molecular complexity index is 1200. The molecule has 0 spiro atoms. The lowest BCUT2D eigenvalue weighted by molar-refractivity contribution is -0.141. The van der Waals surface area contributed by atoms with Crippen LogP contribution in [-0.4, -0.2) is 16.9 Å². The van der Waals surface area contributed by atoms with Gasteiger partial charge in [-0.2, -0.15) is 8.78 Å². The molecule has 0 bridgehead atoms. The van der Waals surface area contributed by atoms with Crippen molar-refractivity contribution in [1.29, 1.82) is 0 Å². The molecule has 33 heavy (non-hydrogen) atoms. The predicted molar refractivity (Wildman–Crippen MR) is 111 cm³/mol. The SMILES string of the molecule is CC(OC(=O)c1ccccc1)c1cccc2c1C(F)(F)C(=O)N2Cc1cncc(C(F)F)c1. The first kappa shape index (κ1) is 22.4. The molecule has 0 aliphatic carbocycles. The van der Waals surface area contributed by atoms with Crippen LogP contribution in [0.5, 0.6) is 0 Å². The molecule has 2 aromatic carbocycles. The lowest BCUT2D eigenvalue weighted by Crippen LogP contribution is -2.34. The topological polar surface area (TPSA) is 59.5 Å². The highest BCUT2D eigenvalue weighted by molar-refractivity contribution is 6.06. The monoisotopic (exact) mass is 458 g/mol. The number of aromatic nitrogens is 1. The van der Waals surface area contributed by atoms with Crippen LogP contribution in [-0.2, 0) is 22.0 Å². The number of pyridine rings is 1. The quantitative estimate of drug-likeness (QED) is 0.358. The van der Waals surface area contributed by atoms with Gasteiger partial charge in [-0.3, -0.25) is 9.78 Å². The van der Waals surface area contributed by atoms with E-state index >= 15 is 8.78 Å². The Labute approximate surface area is 186 Å². The van der Waals surface area contributed by atoms with E-state index in [2.05, 4.69) is 4.98 Å². The van der Waals surface area contributed by atoms with Gasteiger partial charge in [0, 0.05) is 23.5 Å². The van der Waals surface area contributed by atoms with Crippen LogP contribution in [0, 0.1) is 0 Å². The smallest absolute Gasteiger partial charge is 0.352 e. The first-order valence-corrected chi connectivity index (χ1v) is 10.0. The molecule has 170 valence electrons. The molecule has 0 N–H and O–H groups in total. The minimum atomic E-state index is -3.88. The first-order chi connectivity index (χ1) is 15.7. The summed E-state index contributed by atoms with van der Waals surface area (Å²) >= 11 is 0. The van der Waals surface area contributed by atoms with E-state index in [1.54, 1.807) is 18.2 Å². The zero-order valence-electron chi connectivity index (χ0n) is 17.3. The molecule has 4 rings (SSSR count). The van der Waals surface area contributed by atoms with E-state index in [4.69, 9.17) is 4.74 Å². The van der Waals surface area contributed by atoms with Gasteiger partial charge >= 0.3 is 17.8 Å². The molecular weight excluding hydrogens is 440 g/mol. The summed E-state index contributed by atoms with van der Waals surface area (Å²) < 4.78 is 61.6. The fourth-order valence-corrected chi connectivity index (χ4v) is 3.77. The van der Waals surface area contributed by atoms with Gasteiger partial charge < -0.3 is 9.64 Å².